The van der Waals surface area contributed by atoms with Crippen LogP contribution in [0.4, 0.5) is 0 Å². The summed E-state index contributed by atoms with van der Waals surface area (Å²) >= 11 is 0. The number of nitrogens with zero attached hydrogens (tertiary/aromatic N) is 2. The molecule has 0 saturated carbocycles. The van der Waals surface area contributed by atoms with Crippen molar-refractivity contribution < 1.29 is 19.1 Å². The third-order valence-electron chi connectivity index (χ3n) is 9.98. The number of rotatable bonds is 35. The largest absolute Gasteiger partial charge is 0.369 e. The molecule has 6 nitrogen and oxygen atoms in total. The van der Waals surface area contributed by atoms with Crippen molar-refractivity contribution >= 4 is 11.6 Å². The number of Topliss-reactive ketones (excluding diaryl/α,β-unsaturated/α-hetero) is 2. The van der Waals surface area contributed by atoms with Crippen LogP contribution in [0.3, 0.4) is 0 Å². The molecular formula is C46H76N2O4. The highest BCUT2D eigenvalue weighted by Gasteiger charge is 2.10. The Kier molecular flexibility index (Phi) is 27.3. The van der Waals surface area contributed by atoms with Crippen molar-refractivity contribution in [2.24, 2.45) is 0 Å². The lowest BCUT2D eigenvalue weighted by molar-refractivity contribution is -0.124. The molecule has 0 N–H and O–H groups in total. The first kappa shape index (κ1) is 45.8. The van der Waals surface area contributed by atoms with Crippen molar-refractivity contribution in [3.05, 3.63) is 59.7 Å². The first-order chi connectivity index (χ1) is 25.5. The monoisotopic (exact) mass is 721 g/mol. The number of ketones is 2. The molecule has 0 radical (unpaired) electrons. The van der Waals surface area contributed by atoms with Gasteiger partial charge in [-0.3, -0.25) is 9.59 Å². The maximum atomic E-state index is 12.5. The summed E-state index contributed by atoms with van der Waals surface area (Å²) in [7, 11) is 0. The molecule has 2 aromatic rings. The lowest BCUT2D eigenvalue weighted by Crippen LogP contribution is -2.28. The smallest absolute Gasteiger partial charge is 0.158 e. The first-order valence-electron chi connectivity index (χ1n) is 21.3. The van der Waals surface area contributed by atoms with Crippen LogP contribution in [0.5, 0.6) is 0 Å². The van der Waals surface area contributed by atoms with Gasteiger partial charge < -0.3 is 19.3 Å². The predicted molar refractivity (Wildman–Crippen MR) is 220 cm³/mol. The van der Waals surface area contributed by atoms with Gasteiger partial charge >= 0.3 is 0 Å². The molecule has 0 fully saturated rings. The summed E-state index contributed by atoms with van der Waals surface area (Å²) in [6.07, 6.45) is 20.9. The van der Waals surface area contributed by atoms with Crippen LogP contribution in [-0.4, -0.2) is 73.8 Å². The zero-order chi connectivity index (χ0) is 37.5. The summed E-state index contributed by atoms with van der Waals surface area (Å²) in [6, 6.07) is 16.7. The molecule has 0 aliphatic carbocycles. The van der Waals surface area contributed by atoms with E-state index in [0.717, 1.165) is 74.4 Å². The van der Waals surface area contributed by atoms with Crippen LogP contribution in [0.2, 0.25) is 0 Å². The van der Waals surface area contributed by atoms with Gasteiger partial charge in [-0.2, -0.15) is 0 Å². The molecule has 0 amide bonds. The number of hydrogen-bond acceptors (Lipinski definition) is 6. The van der Waals surface area contributed by atoms with Gasteiger partial charge in [-0.25, -0.2) is 0 Å². The first-order valence-corrected chi connectivity index (χ1v) is 21.3. The second-order valence-electron chi connectivity index (χ2n) is 14.9. The Morgan fingerprint density at radius 2 is 0.731 bits per heavy atom. The van der Waals surface area contributed by atoms with E-state index < -0.39 is 0 Å². The summed E-state index contributed by atoms with van der Waals surface area (Å²) < 4.78 is 11.6. The second-order valence-corrected chi connectivity index (χ2v) is 14.9. The standard InChI is InChI=1S/C46H76N2O4/c1-5-9-13-17-33-47(31-15-11-7-3)35-19-21-45(49)39-51-37-41-23-27-43(28-24-41)44-29-25-42(26-30-44)38-52-40-46(50)22-20-36-48(32-16-12-8-4)34-18-14-10-6-2/h23-30H,5-22,31-40H2,1-4H3. The maximum absolute atomic E-state index is 12.5. The van der Waals surface area contributed by atoms with Gasteiger partial charge in [-0.05, 0) is 100 Å². The predicted octanol–water partition coefficient (Wildman–Crippen LogP) is 11.2. The maximum Gasteiger partial charge on any atom is 0.158 e. The van der Waals surface area contributed by atoms with E-state index in [9.17, 15) is 9.59 Å². The molecule has 0 heterocycles. The number of hydrogen-bond donors (Lipinski definition) is 0. The minimum atomic E-state index is 0.181. The van der Waals surface area contributed by atoms with Gasteiger partial charge in [0, 0.05) is 12.8 Å². The molecule has 0 spiro atoms. The minimum absolute atomic E-state index is 0.181. The normalized spacial score (nSPS) is 11.6. The van der Waals surface area contributed by atoms with E-state index in [1.54, 1.807) is 0 Å². The number of unbranched alkanes of at least 4 members (excludes halogenated alkanes) is 10. The van der Waals surface area contributed by atoms with Crippen LogP contribution in [0.15, 0.2) is 48.5 Å². The van der Waals surface area contributed by atoms with Crippen LogP contribution in [0, 0.1) is 0 Å². The molecule has 2 rings (SSSR count). The molecule has 0 atom stereocenters. The quantitative estimate of drug-likeness (QED) is 0.0661. The fourth-order valence-corrected chi connectivity index (χ4v) is 6.66. The Morgan fingerprint density at radius 3 is 1.08 bits per heavy atom. The Bertz CT molecular complexity index is 1060. The van der Waals surface area contributed by atoms with Gasteiger partial charge in [-0.1, -0.05) is 140 Å². The van der Waals surface area contributed by atoms with Crippen molar-refractivity contribution in [1.29, 1.82) is 0 Å². The van der Waals surface area contributed by atoms with Gasteiger partial charge in [0.1, 0.15) is 13.2 Å². The molecule has 0 aliphatic rings. The lowest BCUT2D eigenvalue weighted by atomic mass is 10.0. The van der Waals surface area contributed by atoms with E-state index in [1.165, 1.54) is 89.9 Å². The number of carbonyl (C=O) groups excluding carboxylic acids is 2. The van der Waals surface area contributed by atoms with Crippen LogP contribution in [0.25, 0.3) is 11.1 Å². The van der Waals surface area contributed by atoms with Crippen molar-refractivity contribution in [2.75, 3.05) is 52.5 Å². The summed E-state index contributed by atoms with van der Waals surface area (Å²) in [4.78, 5) is 30.2. The fraction of sp³-hybridized carbons (Fsp3) is 0.696. The molecule has 0 saturated heterocycles. The molecule has 52 heavy (non-hydrogen) atoms. The second kappa shape index (κ2) is 31.0. The van der Waals surface area contributed by atoms with E-state index in [-0.39, 0.29) is 24.8 Å². The highest BCUT2D eigenvalue weighted by molar-refractivity contribution is 5.80. The van der Waals surface area contributed by atoms with Crippen molar-refractivity contribution in [3.63, 3.8) is 0 Å². The van der Waals surface area contributed by atoms with Gasteiger partial charge in [0.15, 0.2) is 11.6 Å². The third-order valence-corrected chi connectivity index (χ3v) is 9.98. The SMILES string of the molecule is CCCCCCN(CCCCC)CCCC(=O)COCc1ccc(-c2ccc(COCC(=O)CCCN(CCCCC)CCCCCC)cc2)cc1. The van der Waals surface area contributed by atoms with Crippen LogP contribution in [-0.2, 0) is 32.3 Å². The molecular weight excluding hydrogens is 645 g/mol. The van der Waals surface area contributed by atoms with E-state index in [1.807, 2.05) is 0 Å². The summed E-state index contributed by atoms with van der Waals surface area (Å²) in [5.41, 5.74) is 4.40. The minimum Gasteiger partial charge on any atom is -0.369 e. The molecule has 0 aliphatic heterocycles. The van der Waals surface area contributed by atoms with Gasteiger partial charge in [-0.15, -0.1) is 0 Å². The Labute approximate surface area is 319 Å². The van der Waals surface area contributed by atoms with E-state index in [2.05, 4.69) is 86.0 Å². The lowest BCUT2D eigenvalue weighted by Gasteiger charge is -2.22. The van der Waals surface area contributed by atoms with Gasteiger partial charge in [0.25, 0.3) is 0 Å². The van der Waals surface area contributed by atoms with Gasteiger partial charge in [0.2, 0.25) is 0 Å². The highest BCUT2D eigenvalue weighted by atomic mass is 16.5. The van der Waals surface area contributed by atoms with Crippen molar-refractivity contribution in [3.8, 4) is 11.1 Å². The number of carbonyl (C=O) groups is 2. The molecule has 0 unspecified atom stereocenters. The van der Waals surface area contributed by atoms with E-state index >= 15 is 0 Å². The average molecular weight is 721 g/mol. The third kappa shape index (κ3) is 22.6. The Balaban J connectivity index is 1.65. The van der Waals surface area contributed by atoms with Crippen molar-refractivity contribution in [2.45, 2.75) is 156 Å². The summed E-state index contributed by atoms with van der Waals surface area (Å²) in [5.74, 6) is 0.384. The van der Waals surface area contributed by atoms with E-state index in [0.29, 0.717) is 26.1 Å². The molecule has 0 aromatic heterocycles. The zero-order valence-electron chi connectivity index (χ0n) is 33.9. The zero-order valence-corrected chi connectivity index (χ0v) is 33.9. The highest BCUT2D eigenvalue weighted by Crippen LogP contribution is 2.21. The molecule has 294 valence electrons. The Hall–Kier alpha value is -2.38. The molecule has 6 heteroatoms. The Morgan fingerprint density at radius 1 is 0.423 bits per heavy atom. The van der Waals surface area contributed by atoms with Gasteiger partial charge in [0.05, 0.1) is 13.2 Å². The topological polar surface area (TPSA) is 59.1 Å². The van der Waals surface area contributed by atoms with Crippen molar-refractivity contribution in [1.82, 2.24) is 9.80 Å². The van der Waals surface area contributed by atoms with Crippen LogP contribution in [0.1, 0.15) is 154 Å². The number of benzene rings is 2. The summed E-state index contributed by atoms with van der Waals surface area (Å²) in [5, 5.41) is 0. The molecule has 0 bridgehead atoms. The van der Waals surface area contributed by atoms with Crippen LogP contribution < -0.4 is 0 Å². The average Bonchev–Trinajstić information content (AvgIpc) is 3.15. The summed E-state index contributed by atoms with van der Waals surface area (Å²) in [6.45, 7) is 16.9. The molecule has 2 aromatic carbocycles. The van der Waals surface area contributed by atoms with E-state index in [4.69, 9.17) is 9.47 Å². The van der Waals surface area contributed by atoms with Crippen LogP contribution >= 0.6 is 0 Å². The number of ether oxygens (including phenoxy) is 2. The fourth-order valence-electron chi connectivity index (χ4n) is 6.66.